The highest BCUT2D eigenvalue weighted by atomic mass is 32.1. The van der Waals surface area contributed by atoms with Crippen LogP contribution in [0.3, 0.4) is 0 Å². The molecular weight excluding hydrogens is 578 g/mol. The molecule has 0 spiro atoms. The molecule has 9 nitrogen and oxygen atoms in total. The predicted octanol–water partition coefficient (Wildman–Crippen LogP) is 4.82. The van der Waals surface area contributed by atoms with E-state index in [-0.39, 0.29) is 35.3 Å². The SMILES string of the molecule is Cc1ccncc1C1CN(C(=O)[C@@H]2CC[C@@H]3CC(C)C[C@H](NC(=O)c4cc5cc([C@H](F)[P+](=O)O)ccc5s4)C(=O)N32)C1. The molecule has 220 valence electrons. The van der Waals surface area contributed by atoms with Gasteiger partial charge >= 0.3 is 13.9 Å². The molecule has 2 N–H and O–H groups in total. The molecule has 3 aliphatic rings. The second-order valence-corrected chi connectivity index (χ2v) is 14.0. The third kappa shape index (κ3) is 5.34. The van der Waals surface area contributed by atoms with Crippen molar-refractivity contribution in [3.8, 4) is 0 Å². The maximum Gasteiger partial charge on any atom is 0.547 e. The van der Waals surface area contributed by atoms with E-state index in [2.05, 4.69) is 17.2 Å². The number of nitrogens with zero attached hydrogens (tertiary/aromatic N) is 3. The smallest absolute Gasteiger partial charge is 0.340 e. The van der Waals surface area contributed by atoms with Gasteiger partial charge in [0.25, 0.3) is 5.91 Å². The van der Waals surface area contributed by atoms with E-state index in [1.807, 2.05) is 24.1 Å². The largest absolute Gasteiger partial charge is 0.547 e. The van der Waals surface area contributed by atoms with Crippen molar-refractivity contribution >= 4 is 47.2 Å². The van der Waals surface area contributed by atoms with E-state index >= 15 is 0 Å². The van der Waals surface area contributed by atoms with Crippen LogP contribution < -0.4 is 5.32 Å². The molecule has 0 bridgehead atoms. The summed E-state index contributed by atoms with van der Waals surface area (Å²) in [5.74, 6) is -2.24. The highest BCUT2D eigenvalue weighted by Gasteiger charge is 2.48. The van der Waals surface area contributed by atoms with Gasteiger partial charge in [-0.2, -0.15) is 9.28 Å². The molecule has 3 aliphatic heterocycles. The van der Waals surface area contributed by atoms with Gasteiger partial charge in [0, 0.05) is 47.7 Å². The number of hydrogen-bond donors (Lipinski definition) is 2. The van der Waals surface area contributed by atoms with Crippen LogP contribution in [0.4, 0.5) is 4.39 Å². The maximum absolute atomic E-state index is 14.1. The van der Waals surface area contributed by atoms with Crippen molar-refractivity contribution in [2.45, 2.75) is 69.5 Å². The molecule has 0 aliphatic carbocycles. The number of halogens is 1. The van der Waals surface area contributed by atoms with Crippen LogP contribution in [0.15, 0.2) is 42.7 Å². The zero-order valence-electron chi connectivity index (χ0n) is 23.4. The van der Waals surface area contributed by atoms with Crippen molar-refractivity contribution in [1.29, 1.82) is 0 Å². The van der Waals surface area contributed by atoms with Gasteiger partial charge in [0.1, 0.15) is 12.1 Å². The lowest BCUT2D eigenvalue weighted by molar-refractivity contribution is -0.148. The average Bonchev–Trinajstić information content (AvgIpc) is 3.53. The van der Waals surface area contributed by atoms with Crippen LogP contribution in [0.1, 0.15) is 70.8 Å². The fourth-order valence-electron chi connectivity index (χ4n) is 6.70. The Morgan fingerprint density at radius 3 is 2.71 bits per heavy atom. The predicted molar refractivity (Wildman–Crippen MR) is 157 cm³/mol. The third-order valence-electron chi connectivity index (χ3n) is 8.90. The van der Waals surface area contributed by atoms with Crippen LogP contribution in [0, 0.1) is 12.8 Å². The Hall–Kier alpha value is -3.27. The quantitative estimate of drug-likeness (QED) is 0.386. The van der Waals surface area contributed by atoms with Gasteiger partial charge in [-0.3, -0.25) is 19.4 Å². The van der Waals surface area contributed by atoms with E-state index < -0.39 is 31.9 Å². The first-order valence-electron chi connectivity index (χ1n) is 14.3. The van der Waals surface area contributed by atoms with E-state index in [1.165, 1.54) is 23.5 Å². The van der Waals surface area contributed by atoms with E-state index in [4.69, 9.17) is 4.89 Å². The summed E-state index contributed by atoms with van der Waals surface area (Å²) in [5.41, 5.74) is 2.38. The van der Waals surface area contributed by atoms with Crippen LogP contribution in [0.2, 0.25) is 0 Å². The molecule has 0 radical (unpaired) electrons. The number of thiophene rings is 1. The maximum atomic E-state index is 14.1. The number of likely N-dealkylation sites (tertiary alicyclic amines) is 1. The number of alkyl halides is 1. The molecule has 1 aromatic carbocycles. The lowest BCUT2D eigenvalue weighted by Gasteiger charge is -2.43. The van der Waals surface area contributed by atoms with Gasteiger partial charge in [-0.25, -0.2) is 0 Å². The number of nitrogens with one attached hydrogen (secondary N) is 1. The Labute approximate surface area is 248 Å². The fourth-order valence-corrected chi connectivity index (χ4v) is 8.07. The van der Waals surface area contributed by atoms with Gasteiger partial charge in [-0.05, 0) is 83.9 Å². The van der Waals surface area contributed by atoms with E-state index in [0.717, 1.165) is 28.7 Å². The number of carbonyl (C=O) groups excluding carboxylic acids is 3. The first kappa shape index (κ1) is 28.8. The van der Waals surface area contributed by atoms with Gasteiger partial charge in [0.05, 0.1) is 4.88 Å². The summed E-state index contributed by atoms with van der Waals surface area (Å²) in [6.07, 6.45) is 6.27. The summed E-state index contributed by atoms with van der Waals surface area (Å²) in [7, 11) is -3.02. The van der Waals surface area contributed by atoms with Crippen LogP contribution in [-0.4, -0.2) is 68.6 Å². The number of rotatable bonds is 6. The van der Waals surface area contributed by atoms with Gasteiger partial charge in [-0.1, -0.05) is 13.0 Å². The van der Waals surface area contributed by atoms with Crippen molar-refractivity contribution in [2.75, 3.05) is 13.1 Å². The number of benzene rings is 1. The lowest BCUT2D eigenvalue weighted by atomic mass is 9.89. The van der Waals surface area contributed by atoms with E-state index in [9.17, 15) is 23.3 Å². The molecule has 6 atom stereocenters. The second-order valence-electron chi connectivity index (χ2n) is 11.8. The van der Waals surface area contributed by atoms with Crippen LogP contribution in [0.25, 0.3) is 10.1 Å². The van der Waals surface area contributed by atoms with Gasteiger partial charge in [0.15, 0.2) is 0 Å². The summed E-state index contributed by atoms with van der Waals surface area (Å²) >= 11 is 1.21. The minimum Gasteiger partial charge on any atom is -0.340 e. The Bertz CT molecular complexity index is 1580. The van der Waals surface area contributed by atoms with Crippen molar-refractivity contribution < 1.29 is 28.2 Å². The number of aromatic nitrogens is 1. The van der Waals surface area contributed by atoms with Crippen LogP contribution in [0.5, 0.6) is 0 Å². The topological polar surface area (TPSA) is 120 Å². The van der Waals surface area contributed by atoms with Crippen LogP contribution >= 0.6 is 19.4 Å². The zero-order chi connectivity index (χ0) is 29.7. The highest BCUT2D eigenvalue weighted by Crippen LogP contribution is 2.41. The summed E-state index contributed by atoms with van der Waals surface area (Å²) < 4.78 is 26.0. The van der Waals surface area contributed by atoms with Gasteiger partial charge in [-0.15, -0.1) is 11.3 Å². The number of hydrogen-bond acceptors (Lipinski definition) is 6. The number of amides is 3. The molecule has 2 unspecified atom stereocenters. The number of carbonyl (C=O) groups is 3. The Kier molecular flexibility index (Phi) is 7.85. The fraction of sp³-hybridized carbons (Fsp3) is 0.467. The van der Waals surface area contributed by atoms with Crippen molar-refractivity contribution in [3.63, 3.8) is 0 Å². The molecule has 3 amide bonds. The summed E-state index contributed by atoms with van der Waals surface area (Å²) in [5, 5.41) is 3.51. The zero-order valence-corrected chi connectivity index (χ0v) is 25.1. The Morgan fingerprint density at radius 2 is 1.98 bits per heavy atom. The standard InChI is InChI=1S/C30H32FN4O5PS/c1-16-9-21-4-5-24(30(38)34-14-20(15-34)22-13-32-8-7-17(22)2)35(21)29(37)23(10-16)33-28(36)26-12-19-11-18(27(31)41(39)40)3-6-25(19)42-26/h3,6-8,11-13,16,20-21,23-24,27H,4-5,9-10,14-15H2,1-2H3,(H-,33,36,39,40)/p+1/t16?,21-,23+,24+,27-/m1/s1. The molecule has 6 rings (SSSR count). The lowest BCUT2D eigenvalue weighted by Crippen LogP contribution is -2.58. The van der Waals surface area contributed by atoms with Gasteiger partial charge < -0.3 is 15.1 Å². The number of aryl methyl sites for hydroxylation is 1. The molecule has 12 heteroatoms. The monoisotopic (exact) mass is 611 g/mol. The first-order chi connectivity index (χ1) is 20.1. The minimum absolute atomic E-state index is 0.0284. The number of pyridine rings is 1. The molecular formula is C30H33FN4O5PS+. The molecule has 2 aromatic heterocycles. The summed E-state index contributed by atoms with van der Waals surface area (Å²) in [4.78, 5) is 58.2. The second kappa shape index (κ2) is 11.4. The van der Waals surface area contributed by atoms with E-state index in [1.54, 1.807) is 23.2 Å². The summed E-state index contributed by atoms with van der Waals surface area (Å²) in [6.45, 7) is 5.33. The number of fused-ring (bicyclic) bond motifs is 2. The average molecular weight is 612 g/mol. The van der Waals surface area contributed by atoms with Crippen molar-refractivity contribution in [1.82, 2.24) is 20.1 Å². The molecule has 3 saturated heterocycles. The third-order valence-corrected chi connectivity index (χ3v) is 10.7. The molecule has 0 saturated carbocycles. The van der Waals surface area contributed by atoms with E-state index in [0.29, 0.717) is 36.2 Å². The summed E-state index contributed by atoms with van der Waals surface area (Å²) in [6, 6.07) is 6.79. The first-order valence-corrected chi connectivity index (χ1v) is 16.4. The molecule has 5 heterocycles. The molecule has 3 fully saturated rings. The van der Waals surface area contributed by atoms with Gasteiger partial charge in [0.2, 0.25) is 11.8 Å². The van der Waals surface area contributed by atoms with Crippen LogP contribution in [-0.2, 0) is 14.2 Å². The Morgan fingerprint density at radius 1 is 1.19 bits per heavy atom. The highest BCUT2D eigenvalue weighted by molar-refractivity contribution is 7.38. The minimum atomic E-state index is -3.02. The Balaban J connectivity index is 1.16. The normalized spacial score (nSPS) is 25.5. The van der Waals surface area contributed by atoms with Crippen molar-refractivity contribution in [2.24, 2.45) is 5.92 Å². The molecule has 42 heavy (non-hydrogen) atoms. The van der Waals surface area contributed by atoms with Crippen molar-refractivity contribution in [3.05, 3.63) is 64.3 Å². The molecule has 3 aromatic rings.